The minimum atomic E-state index is 0.397. The van der Waals surface area contributed by atoms with Crippen molar-refractivity contribution in [3.8, 4) is 0 Å². The normalized spacial score (nSPS) is 20.5. The van der Waals surface area contributed by atoms with Crippen molar-refractivity contribution < 1.29 is 4.74 Å². The molecule has 1 saturated heterocycles. The fourth-order valence-corrected chi connectivity index (χ4v) is 2.51. The highest BCUT2D eigenvalue weighted by Gasteiger charge is 2.14. The van der Waals surface area contributed by atoms with E-state index in [-0.39, 0.29) is 0 Å². The predicted octanol–water partition coefficient (Wildman–Crippen LogP) is 2.66. The van der Waals surface area contributed by atoms with E-state index in [0.717, 1.165) is 26.2 Å². The largest absolute Gasteiger partial charge is 0.374 e. The molecule has 1 fully saturated rings. The van der Waals surface area contributed by atoms with Gasteiger partial charge in [-0.2, -0.15) is 0 Å². The Hall–Kier alpha value is -0.120. The van der Waals surface area contributed by atoms with E-state index in [1.165, 1.54) is 51.5 Å². The SMILES string of the molecule is CCCCCCCCCN(C)CC1CNCCO1. The van der Waals surface area contributed by atoms with Crippen LogP contribution in [0, 0.1) is 0 Å². The Kier molecular flexibility index (Phi) is 9.54. The first-order chi connectivity index (χ1) is 8.83. The molecule has 0 aromatic rings. The maximum Gasteiger partial charge on any atom is 0.0826 e. The second kappa shape index (κ2) is 10.8. The van der Waals surface area contributed by atoms with Gasteiger partial charge >= 0.3 is 0 Å². The van der Waals surface area contributed by atoms with E-state index in [1.54, 1.807) is 0 Å². The summed E-state index contributed by atoms with van der Waals surface area (Å²) in [5.74, 6) is 0. The minimum Gasteiger partial charge on any atom is -0.374 e. The molecule has 0 bridgehead atoms. The van der Waals surface area contributed by atoms with Crippen molar-refractivity contribution in [3.05, 3.63) is 0 Å². The predicted molar refractivity (Wildman–Crippen MR) is 78.1 cm³/mol. The number of nitrogens with one attached hydrogen (secondary N) is 1. The minimum absolute atomic E-state index is 0.397. The number of hydrogen-bond acceptors (Lipinski definition) is 3. The average molecular weight is 256 g/mol. The highest BCUT2D eigenvalue weighted by atomic mass is 16.5. The van der Waals surface area contributed by atoms with Gasteiger partial charge in [-0.15, -0.1) is 0 Å². The summed E-state index contributed by atoms with van der Waals surface area (Å²) >= 11 is 0. The molecule has 3 heteroatoms. The molecule has 18 heavy (non-hydrogen) atoms. The number of nitrogens with zero attached hydrogens (tertiary/aromatic N) is 1. The van der Waals surface area contributed by atoms with Gasteiger partial charge in [-0.05, 0) is 20.0 Å². The molecule has 1 N–H and O–H groups in total. The molecule has 0 saturated carbocycles. The fraction of sp³-hybridized carbons (Fsp3) is 1.00. The highest BCUT2D eigenvalue weighted by molar-refractivity contribution is 4.70. The van der Waals surface area contributed by atoms with E-state index in [2.05, 4.69) is 24.2 Å². The third kappa shape index (κ3) is 8.06. The molecule has 108 valence electrons. The summed E-state index contributed by atoms with van der Waals surface area (Å²) in [4.78, 5) is 2.42. The number of morpholine rings is 1. The van der Waals surface area contributed by atoms with E-state index in [0.29, 0.717) is 6.10 Å². The molecule has 1 rings (SSSR count). The van der Waals surface area contributed by atoms with Crippen LogP contribution in [0.25, 0.3) is 0 Å². The van der Waals surface area contributed by atoms with Gasteiger partial charge < -0.3 is 15.0 Å². The summed E-state index contributed by atoms with van der Waals surface area (Å²) in [6, 6.07) is 0. The van der Waals surface area contributed by atoms with Crippen LogP contribution in [0.4, 0.5) is 0 Å². The summed E-state index contributed by atoms with van der Waals surface area (Å²) in [6.07, 6.45) is 10.1. The van der Waals surface area contributed by atoms with Crippen LogP contribution in [0.2, 0.25) is 0 Å². The number of likely N-dealkylation sites (N-methyl/N-ethyl adjacent to an activating group) is 1. The van der Waals surface area contributed by atoms with Crippen molar-refractivity contribution in [2.24, 2.45) is 0 Å². The van der Waals surface area contributed by atoms with Crippen LogP contribution in [-0.2, 0) is 4.74 Å². The molecule has 0 aromatic heterocycles. The fourth-order valence-electron chi connectivity index (χ4n) is 2.51. The number of rotatable bonds is 10. The average Bonchev–Trinajstić information content (AvgIpc) is 2.39. The van der Waals surface area contributed by atoms with Crippen molar-refractivity contribution in [2.45, 2.75) is 58.0 Å². The van der Waals surface area contributed by atoms with E-state index >= 15 is 0 Å². The number of ether oxygens (including phenoxy) is 1. The van der Waals surface area contributed by atoms with Crippen LogP contribution in [0.1, 0.15) is 51.9 Å². The zero-order valence-corrected chi connectivity index (χ0v) is 12.4. The molecular formula is C15H32N2O. The van der Waals surface area contributed by atoms with Gasteiger partial charge in [-0.25, -0.2) is 0 Å². The molecule has 0 radical (unpaired) electrons. The summed E-state index contributed by atoms with van der Waals surface area (Å²) in [7, 11) is 2.22. The molecule has 0 aliphatic carbocycles. The van der Waals surface area contributed by atoms with Gasteiger partial charge in [0.05, 0.1) is 12.7 Å². The molecule has 0 spiro atoms. The van der Waals surface area contributed by atoms with E-state index in [1.807, 2.05) is 0 Å². The topological polar surface area (TPSA) is 24.5 Å². The van der Waals surface area contributed by atoms with Gasteiger partial charge in [0, 0.05) is 19.6 Å². The zero-order valence-electron chi connectivity index (χ0n) is 12.4. The van der Waals surface area contributed by atoms with Crippen LogP contribution in [0.5, 0.6) is 0 Å². The first kappa shape index (κ1) is 15.9. The van der Waals surface area contributed by atoms with Crippen molar-refractivity contribution >= 4 is 0 Å². The van der Waals surface area contributed by atoms with E-state index in [9.17, 15) is 0 Å². The molecule has 0 amide bonds. The highest BCUT2D eigenvalue weighted by Crippen LogP contribution is 2.07. The first-order valence-corrected chi connectivity index (χ1v) is 7.83. The Balaban J connectivity index is 1.88. The summed E-state index contributed by atoms with van der Waals surface area (Å²) in [6.45, 7) is 7.46. The van der Waals surface area contributed by atoms with Crippen molar-refractivity contribution in [1.82, 2.24) is 10.2 Å². The zero-order chi connectivity index (χ0) is 13.1. The van der Waals surface area contributed by atoms with Crippen LogP contribution >= 0.6 is 0 Å². The van der Waals surface area contributed by atoms with Gasteiger partial charge in [-0.3, -0.25) is 0 Å². The molecule has 1 unspecified atom stereocenters. The maximum absolute atomic E-state index is 5.72. The van der Waals surface area contributed by atoms with Gasteiger partial charge in [0.2, 0.25) is 0 Å². The smallest absolute Gasteiger partial charge is 0.0826 e. The number of unbranched alkanes of at least 4 members (excludes halogenated alkanes) is 6. The van der Waals surface area contributed by atoms with E-state index < -0.39 is 0 Å². The lowest BCUT2D eigenvalue weighted by Gasteiger charge is -2.28. The monoisotopic (exact) mass is 256 g/mol. The van der Waals surface area contributed by atoms with Crippen molar-refractivity contribution in [1.29, 1.82) is 0 Å². The first-order valence-electron chi connectivity index (χ1n) is 7.83. The van der Waals surface area contributed by atoms with Gasteiger partial charge in [0.25, 0.3) is 0 Å². The third-order valence-corrected chi connectivity index (χ3v) is 3.66. The Morgan fingerprint density at radius 2 is 1.83 bits per heavy atom. The molecule has 1 heterocycles. The molecule has 1 aliphatic rings. The Labute approximate surface area is 113 Å². The lowest BCUT2D eigenvalue weighted by molar-refractivity contribution is 0.00987. The Bertz CT molecular complexity index is 181. The van der Waals surface area contributed by atoms with Gasteiger partial charge in [-0.1, -0.05) is 45.4 Å². The second-order valence-electron chi connectivity index (χ2n) is 5.58. The summed E-state index contributed by atoms with van der Waals surface area (Å²) < 4.78 is 5.72. The van der Waals surface area contributed by atoms with Crippen molar-refractivity contribution in [2.75, 3.05) is 39.8 Å². The molecule has 1 atom stereocenters. The van der Waals surface area contributed by atoms with Crippen LogP contribution in [0.15, 0.2) is 0 Å². The maximum atomic E-state index is 5.72. The van der Waals surface area contributed by atoms with Crippen LogP contribution in [-0.4, -0.2) is 50.8 Å². The quantitative estimate of drug-likeness (QED) is 0.608. The van der Waals surface area contributed by atoms with Crippen LogP contribution in [0.3, 0.4) is 0 Å². The summed E-state index contributed by atoms with van der Waals surface area (Å²) in [5, 5.41) is 3.38. The standard InChI is InChI=1S/C15H32N2O/c1-3-4-5-6-7-8-9-11-17(2)14-15-13-16-10-12-18-15/h15-16H,3-14H2,1-2H3. The number of hydrogen-bond donors (Lipinski definition) is 1. The third-order valence-electron chi connectivity index (χ3n) is 3.66. The molecule has 1 aliphatic heterocycles. The van der Waals surface area contributed by atoms with Gasteiger partial charge in [0.1, 0.15) is 0 Å². The van der Waals surface area contributed by atoms with E-state index in [4.69, 9.17) is 4.74 Å². The molecule has 0 aromatic carbocycles. The molecule has 3 nitrogen and oxygen atoms in total. The van der Waals surface area contributed by atoms with Gasteiger partial charge in [0.15, 0.2) is 0 Å². The summed E-state index contributed by atoms with van der Waals surface area (Å²) in [5.41, 5.74) is 0. The Morgan fingerprint density at radius 1 is 1.11 bits per heavy atom. The molecular weight excluding hydrogens is 224 g/mol. The lowest BCUT2D eigenvalue weighted by Crippen LogP contribution is -2.44. The van der Waals surface area contributed by atoms with Crippen LogP contribution < -0.4 is 5.32 Å². The van der Waals surface area contributed by atoms with Crippen molar-refractivity contribution in [3.63, 3.8) is 0 Å². The Morgan fingerprint density at radius 3 is 2.50 bits per heavy atom. The lowest BCUT2D eigenvalue weighted by atomic mass is 10.1. The second-order valence-corrected chi connectivity index (χ2v) is 5.58.